The van der Waals surface area contributed by atoms with Gasteiger partial charge in [0.2, 0.25) is 0 Å². The maximum Gasteiger partial charge on any atom is 0.0576 e. The van der Waals surface area contributed by atoms with Crippen LogP contribution in [0.3, 0.4) is 0 Å². The van der Waals surface area contributed by atoms with Gasteiger partial charge in [0.1, 0.15) is 0 Å². The van der Waals surface area contributed by atoms with Gasteiger partial charge < -0.3 is 10.1 Å². The van der Waals surface area contributed by atoms with Crippen LogP contribution < -0.4 is 5.32 Å². The molecule has 1 N–H and O–H groups in total. The third-order valence-electron chi connectivity index (χ3n) is 5.84. The van der Waals surface area contributed by atoms with Crippen LogP contribution in [0.1, 0.15) is 64.7 Å². The molecule has 3 atom stereocenters. The lowest BCUT2D eigenvalue weighted by Crippen LogP contribution is -2.58. The van der Waals surface area contributed by atoms with Crippen molar-refractivity contribution in [3.05, 3.63) is 0 Å². The molecule has 2 aliphatic heterocycles. The summed E-state index contributed by atoms with van der Waals surface area (Å²) in [5, 5.41) is 3.72. The quantitative estimate of drug-likeness (QED) is 0.843. The number of hydrogen-bond acceptors (Lipinski definition) is 3. The van der Waals surface area contributed by atoms with Crippen LogP contribution in [0.5, 0.6) is 0 Å². The average Bonchev–Trinajstić information content (AvgIpc) is 3.02. The number of nitrogens with zero attached hydrogens (tertiary/aromatic N) is 1. The molecule has 3 rings (SSSR count). The van der Waals surface area contributed by atoms with E-state index in [1.165, 1.54) is 77.4 Å². The van der Waals surface area contributed by atoms with Gasteiger partial charge >= 0.3 is 0 Å². The van der Waals surface area contributed by atoms with Gasteiger partial charge in [0.05, 0.1) is 6.10 Å². The Bertz CT molecular complexity index is 298. The summed E-state index contributed by atoms with van der Waals surface area (Å²) >= 11 is 0. The highest BCUT2D eigenvalue weighted by atomic mass is 16.5. The first-order chi connectivity index (χ1) is 10.3. The highest BCUT2D eigenvalue weighted by Crippen LogP contribution is 2.30. The van der Waals surface area contributed by atoms with Gasteiger partial charge in [-0.25, -0.2) is 0 Å². The molecule has 0 amide bonds. The number of piperazine rings is 1. The molecule has 3 heteroatoms. The Morgan fingerprint density at radius 2 is 1.95 bits per heavy atom. The molecule has 0 spiro atoms. The number of hydrogen-bond donors (Lipinski definition) is 1. The predicted octanol–water partition coefficient (Wildman–Crippen LogP) is 3.19. The van der Waals surface area contributed by atoms with E-state index >= 15 is 0 Å². The van der Waals surface area contributed by atoms with Crippen molar-refractivity contribution in [3.63, 3.8) is 0 Å². The molecule has 122 valence electrons. The van der Waals surface area contributed by atoms with Gasteiger partial charge in [0.25, 0.3) is 0 Å². The first-order valence-corrected chi connectivity index (χ1v) is 9.42. The van der Waals surface area contributed by atoms with E-state index in [1.54, 1.807) is 0 Å². The zero-order valence-corrected chi connectivity index (χ0v) is 13.9. The Morgan fingerprint density at radius 1 is 1.10 bits per heavy atom. The topological polar surface area (TPSA) is 24.5 Å². The fraction of sp³-hybridized carbons (Fsp3) is 1.00. The smallest absolute Gasteiger partial charge is 0.0576 e. The summed E-state index contributed by atoms with van der Waals surface area (Å²) in [6.07, 6.45) is 13.0. The summed E-state index contributed by atoms with van der Waals surface area (Å²) in [5.74, 6) is 0.946. The van der Waals surface area contributed by atoms with Crippen LogP contribution in [0.25, 0.3) is 0 Å². The SMILES string of the molecule is CC1CN(CCCC2CCCO2)C(C2CCCCC2)CN1. The largest absolute Gasteiger partial charge is 0.378 e. The van der Waals surface area contributed by atoms with Gasteiger partial charge in [0, 0.05) is 31.8 Å². The van der Waals surface area contributed by atoms with E-state index in [9.17, 15) is 0 Å². The maximum absolute atomic E-state index is 5.78. The summed E-state index contributed by atoms with van der Waals surface area (Å²) in [6, 6.07) is 1.46. The van der Waals surface area contributed by atoms with E-state index in [2.05, 4.69) is 17.1 Å². The van der Waals surface area contributed by atoms with Crippen molar-refractivity contribution in [1.82, 2.24) is 10.2 Å². The zero-order valence-electron chi connectivity index (χ0n) is 13.9. The van der Waals surface area contributed by atoms with Crippen molar-refractivity contribution in [2.45, 2.75) is 82.9 Å². The molecule has 3 aliphatic rings. The molecule has 2 saturated heterocycles. The Labute approximate surface area is 130 Å². The van der Waals surface area contributed by atoms with E-state index in [1.807, 2.05) is 0 Å². The fourth-order valence-electron chi connectivity index (χ4n) is 4.64. The Morgan fingerprint density at radius 3 is 2.71 bits per heavy atom. The van der Waals surface area contributed by atoms with Crippen molar-refractivity contribution < 1.29 is 4.74 Å². The minimum Gasteiger partial charge on any atom is -0.378 e. The third-order valence-corrected chi connectivity index (χ3v) is 5.84. The molecule has 0 radical (unpaired) electrons. The van der Waals surface area contributed by atoms with Crippen LogP contribution in [0.15, 0.2) is 0 Å². The van der Waals surface area contributed by atoms with Crippen LogP contribution in [0.4, 0.5) is 0 Å². The predicted molar refractivity (Wildman–Crippen MR) is 87.6 cm³/mol. The summed E-state index contributed by atoms with van der Waals surface area (Å²) in [4.78, 5) is 2.81. The van der Waals surface area contributed by atoms with Crippen LogP contribution in [-0.4, -0.2) is 49.3 Å². The summed E-state index contributed by atoms with van der Waals surface area (Å²) in [7, 11) is 0. The molecule has 1 aliphatic carbocycles. The van der Waals surface area contributed by atoms with Gasteiger partial charge in [-0.1, -0.05) is 19.3 Å². The fourth-order valence-corrected chi connectivity index (χ4v) is 4.64. The molecule has 0 bridgehead atoms. The van der Waals surface area contributed by atoms with Gasteiger partial charge in [-0.15, -0.1) is 0 Å². The molecule has 0 aromatic heterocycles. The highest BCUT2D eigenvalue weighted by Gasteiger charge is 2.32. The lowest BCUT2D eigenvalue weighted by atomic mass is 9.82. The summed E-state index contributed by atoms with van der Waals surface area (Å²) in [6.45, 7) is 7.08. The Hall–Kier alpha value is -0.120. The van der Waals surface area contributed by atoms with E-state index in [-0.39, 0.29) is 0 Å². The lowest BCUT2D eigenvalue weighted by Gasteiger charge is -2.44. The summed E-state index contributed by atoms with van der Waals surface area (Å²) in [5.41, 5.74) is 0. The van der Waals surface area contributed by atoms with Gasteiger partial charge in [-0.3, -0.25) is 4.90 Å². The van der Waals surface area contributed by atoms with Crippen molar-refractivity contribution in [2.75, 3.05) is 26.2 Å². The van der Waals surface area contributed by atoms with E-state index < -0.39 is 0 Å². The second kappa shape index (κ2) is 7.94. The Balaban J connectivity index is 1.48. The zero-order chi connectivity index (χ0) is 14.5. The molecule has 0 aromatic rings. The monoisotopic (exact) mass is 294 g/mol. The van der Waals surface area contributed by atoms with Crippen molar-refractivity contribution >= 4 is 0 Å². The highest BCUT2D eigenvalue weighted by molar-refractivity contribution is 4.89. The molecule has 2 heterocycles. The minimum absolute atomic E-state index is 0.568. The van der Waals surface area contributed by atoms with Crippen LogP contribution in [-0.2, 0) is 4.74 Å². The van der Waals surface area contributed by atoms with Crippen LogP contribution in [0.2, 0.25) is 0 Å². The average molecular weight is 294 g/mol. The molecule has 3 fully saturated rings. The molecule has 0 aromatic carbocycles. The van der Waals surface area contributed by atoms with Crippen molar-refractivity contribution in [2.24, 2.45) is 5.92 Å². The lowest BCUT2D eigenvalue weighted by molar-refractivity contribution is 0.0629. The van der Waals surface area contributed by atoms with Crippen LogP contribution >= 0.6 is 0 Å². The second-order valence-corrected chi connectivity index (χ2v) is 7.55. The number of nitrogens with one attached hydrogen (secondary N) is 1. The van der Waals surface area contributed by atoms with Gasteiger partial charge in [-0.05, 0) is 57.9 Å². The third kappa shape index (κ3) is 4.43. The number of ether oxygens (including phenoxy) is 1. The molecule has 3 nitrogen and oxygen atoms in total. The second-order valence-electron chi connectivity index (χ2n) is 7.55. The van der Waals surface area contributed by atoms with E-state index in [0.717, 1.165) is 18.6 Å². The molecule has 3 unspecified atom stereocenters. The first kappa shape index (κ1) is 15.8. The maximum atomic E-state index is 5.78. The first-order valence-electron chi connectivity index (χ1n) is 9.42. The van der Waals surface area contributed by atoms with Gasteiger partial charge in [0.15, 0.2) is 0 Å². The van der Waals surface area contributed by atoms with Gasteiger partial charge in [-0.2, -0.15) is 0 Å². The number of rotatable bonds is 5. The molecule has 21 heavy (non-hydrogen) atoms. The molecular formula is C18H34N2O. The van der Waals surface area contributed by atoms with Crippen molar-refractivity contribution in [1.29, 1.82) is 0 Å². The molecule has 1 saturated carbocycles. The normalized spacial score (nSPS) is 36.1. The van der Waals surface area contributed by atoms with Crippen molar-refractivity contribution in [3.8, 4) is 0 Å². The Kier molecular flexibility index (Phi) is 5.96. The van der Waals surface area contributed by atoms with E-state index in [4.69, 9.17) is 4.74 Å². The van der Waals surface area contributed by atoms with E-state index in [0.29, 0.717) is 12.1 Å². The molecular weight excluding hydrogens is 260 g/mol. The summed E-state index contributed by atoms with van der Waals surface area (Å²) < 4.78 is 5.78. The minimum atomic E-state index is 0.568. The standard InChI is InChI=1S/C18H34N2O/c1-15-14-20(11-5-9-17-10-6-12-21-17)18(13-19-15)16-7-3-2-4-8-16/h15-19H,2-14H2,1H3. The van der Waals surface area contributed by atoms with Crippen LogP contribution in [0, 0.1) is 5.92 Å².